The predicted octanol–water partition coefficient (Wildman–Crippen LogP) is 20.3. The van der Waals surface area contributed by atoms with Gasteiger partial charge in [-0.2, -0.15) is 119 Å². The van der Waals surface area contributed by atoms with E-state index in [1.807, 2.05) is 67.3 Å². The summed E-state index contributed by atoms with van der Waals surface area (Å²) in [6.07, 6.45) is -13.5. The Labute approximate surface area is 690 Å². The maximum atomic E-state index is 13.7. The Morgan fingerprint density at radius 3 is 0.689 bits per heavy atom. The zero-order valence-corrected chi connectivity index (χ0v) is 66.1. The summed E-state index contributed by atoms with van der Waals surface area (Å²) >= 11 is 5.69. The smallest absolute Gasteiger partial charge is 0.397 e. The van der Waals surface area contributed by atoms with Crippen molar-refractivity contribution in [3.05, 3.63) is 300 Å². The van der Waals surface area contributed by atoms with Crippen LogP contribution in [0.4, 0.5) is 75.4 Å². The van der Waals surface area contributed by atoms with Gasteiger partial charge in [-0.05, 0) is 196 Å². The van der Waals surface area contributed by atoms with Gasteiger partial charge in [-0.3, -0.25) is 38.8 Å². The second-order valence-corrected chi connectivity index (χ2v) is 31.0. The maximum Gasteiger partial charge on any atom is 0.418 e. The van der Waals surface area contributed by atoms with E-state index >= 15 is 0 Å². The fourth-order valence-corrected chi connectivity index (χ4v) is 18.9. The molecule has 8 heterocycles. The molecule has 0 saturated carbocycles. The predicted molar refractivity (Wildman–Crippen MR) is 428 cm³/mol. The van der Waals surface area contributed by atoms with Gasteiger partial charge in [0.1, 0.15) is 23.3 Å². The van der Waals surface area contributed by atoms with Gasteiger partial charge in [-0.25, -0.2) is 0 Å². The number of anilines is 4. The van der Waals surface area contributed by atoms with E-state index in [2.05, 4.69) is 24.3 Å². The summed E-state index contributed by atoms with van der Waals surface area (Å²) in [6, 6.07) is 35.8. The number of nitrogens with two attached hydrogens (primary N) is 4. The molecule has 16 rings (SSSR count). The van der Waals surface area contributed by atoms with Crippen LogP contribution < -0.4 is 42.5 Å². The van der Waals surface area contributed by atoms with E-state index < -0.39 is 70.6 Å². The van der Waals surface area contributed by atoms with E-state index in [-0.39, 0.29) is 98.1 Å². The van der Waals surface area contributed by atoms with E-state index in [1.165, 1.54) is 138 Å². The Morgan fingerprint density at radius 1 is 0.345 bits per heavy atom. The first-order valence-corrected chi connectivity index (χ1v) is 40.7. The zero-order valence-electron chi connectivity index (χ0n) is 62.8. The van der Waals surface area contributed by atoms with Crippen LogP contribution in [0.2, 0.25) is 0 Å². The van der Waals surface area contributed by atoms with Crippen molar-refractivity contribution in [1.82, 2.24) is 0 Å². The fourth-order valence-electron chi connectivity index (χ4n) is 16.2. The molecule has 8 aliphatic rings. The van der Waals surface area contributed by atoms with Gasteiger partial charge >= 0.3 is 24.7 Å². The number of alkyl halides is 12. The summed E-state index contributed by atoms with van der Waals surface area (Å²) in [6.45, 7) is 1.93. The first-order valence-electron chi connectivity index (χ1n) is 37.0. The third kappa shape index (κ3) is 16.9. The maximum absolute atomic E-state index is 13.7. The number of Topliss-reactive ketones (excluding diaryl/α,β-unsaturated/α-hetero) is 4. The van der Waals surface area contributed by atoms with Gasteiger partial charge < -0.3 is 28.0 Å². The van der Waals surface area contributed by atoms with E-state index in [9.17, 15) is 92.9 Å². The zero-order chi connectivity index (χ0) is 85.7. The number of benzene rings is 4. The number of aliphatic hydroxyl groups is 1. The average Bonchev–Trinajstić information content (AvgIpc) is 1.58. The Hall–Kier alpha value is -12.2. The topological polar surface area (TPSA) is 301 Å². The van der Waals surface area contributed by atoms with Gasteiger partial charge in [0, 0.05) is 77.4 Å². The van der Waals surface area contributed by atoms with Crippen molar-refractivity contribution in [2.75, 3.05) is 26.2 Å². The van der Waals surface area contributed by atoms with Crippen LogP contribution in [0.1, 0.15) is 152 Å². The highest BCUT2D eigenvalue weighted by Gasteiger charge is 2.49. The van der Waals surface area contributed by atoms with Gasteiger partial charge in [0.05, 0.1) is 115 Å². The highest BCUT2D eigenvalue weighted by molar-refractivity contribution is 7.08. The molecule has 0 spiro atoms. The number of allylic oxidation sites excluding steroid dienone is 12. The molecule has 33 heteroatoms. The summed E-state index contributed by atoms with van der Waals surface area (Å²) in [5.74, 6) is -3.47. The summed E-state index contributed by atoms with van der Waals surface area (Å²) in [7, 11) is 0. The van der Waals surface area contributed by atoms with Crippen LogP contribution in [-0.4, -0.2) is 34.8 Å². The first kappa shape index (κ1) is 86.1. The van der Waals surface area contributed by atoms with Gasteiger partial charge in [-0.15, -0.1) is 0 Å². The molecule has 119 heavy (non-hydrogen) atoms. The largest absolute Gasteiger partial charge is 0.418 e. The molecule has 4 aromatic carbocycles. The van der Waals surface area contributed by atoms with Crippen LogP contribution in [0.3, 0.4) is 0 Å². The molecule has 0 radical (unpaired) electrons. The molecule has 8 aromatic rings. The van der Waals surface area contributed by atoms with Crippen molar-refractivity contribution in [3.8, 4) is 24.3 Å². The number of hydrogen-bond acceptors (Lipinski definition) is 21. The van der Waals surface area contributed by atoms with Crippen LogP contribution in [0.15, 0.2) is 255 Å². The molecule has 17 nitrogen and oxygen atoms in total. The van der Waals surface area contributed by atoms with E-state index in [0.29, 0.717) is 122 Å². The van der Waals surface area contributed by atoms with Gasteiger partial charge in [0.2, 0.25) is 0 Å². The monoisotopic (exact) mass is 1710 g/mol. The molecule has 4 aromatic heterocycles. The van der Waals surface area contributed by atoms with Crippen LogP contribution in [-0.2, 0) is 43.9 Å². The Kier molecular flexibility index (Phi) is 25.7. The molecular formula is C86H70F12N12O5S4. The SMILES string of the molecule is CCO.N#CC1=C(N)N(c2ccccc2C(F)(F)F)C2=C(C(=O)CCC2)C1c1ccsc1.N#CC1=C(N)N(c2ccccc2C(F)(F)F)C2=C(C(=O)CCC2)C1c1ccsc1.N#CC1=C(N)N(c2ccccc2C(F)(F)F)C2=C(C(=O)CCC2)C1c1ccsc1.N#CC1=C(N)N(c2ccccc2C(F)(F)F)C2=C(C(=O)CCC2)C1c1ccsc1. The Bertz CT molecular complexity index is 5030. The molecule has 4 aliphatic carbocycles. The summed E-state index contributed by atoms with van der Waals surface area (Å²) in [5.41, 5.74) is 27.7. The molecule has 612 valence electrons. The third-order valence-electron chi connectivity index (χ3n) is 21.0. The molecular weight excluding hydrogens is 1640 g/mol. The lowest BCUT2D eigenvalue weighted by molar-refractivity contribution is -0.137. The second kappa shape index (κ2) is 35.5. The molecule has 0 amide bonds. The molecule has 9 N–H and O–H groups in total. The number of nitriles is 4. The molecule has 4 atom stereocenters. The van der Waals surface area contributed by atoms with Gasteiger partial charge in [-0.1, -0.05) is 48.5 Å². The minimum atomic E-state index is -4.60. The lowest BCUT2D eigenvalue weighted by atomic mass is 9.76. The summed E-state index contributed by atoms with van der Waals surface area (Å²) in [5, 5.41) is 61.6. The van der Waals surface area contributed by atoms with Crippen LogP contribution in [0, 0.1) is 45.3 Å². The van der Waals surface area contributed by atoms with E-state index in [4.69, 9.17) is 28.0 Å². The van der Waals surface area contributed by atoms with Crippen molar-refractivity contribution in [1.29, 1.82) is 21.0 Å². The number of thiophene rings is 4. The number of hydrogen-bond donors (Lipinski definition) is 5. The number of aliphatic hydroxyl groups excluding tert-OH is 1. The normalized spacial score (nSPS) is 19.6. The fraction of sp³-hybridized carbons (Fsp3) is 0.256. The molecule has 0 fully saturated rings. The van der Waals surface area contributed by atoms with E-state index in [0.717, 1.165) is 46.5 Å². The van der Waals surface area contributed by atoms with Crippen molar-refractivity contribution >= 4 is 91.2 Å². The lowest BCUT2D eigenvalue weighted by Gasteiger charge is -2.40. The summed E-state index contributed by atoms with van der Waals surface area (Å²) in [4.78, 5) is 56.6. The molecule has 4 unspecified atom stereocenters. The average molecular weight is 1710 g/mol. The van der Waals surface area contributed by atoms with Crippen molar-refractivity contribution in [2.24, 2.45) is 22.9 Å². The minimum Gasteiger partial charge on any atom is -0.397 e. The molecule has 0 bridgehead atoms. The summed E-state index contributed by atoms with van der Waals surface area (Å²) < 4.78 is 164. The highest BCUT2D eigenvalue weighted by atomic mass is 32.1. The van der Waals surface area contributed by atoms with Crippen molar-refractivity contribution in [2.45, 2.75) is 132 Å². The van der Waals surface area contributed by atoms with Crippen LogP contribution in [0.25, 0.3) is 0 Å². The lowest BCUT2D eigenvalue weighted by Crippen LogP contribution is -2.39. The van der Waals surface area contributed by atoms with Gasteiger partial charge in [0.25, 0.3) is 0 Å². The highest BCUT2D eigenvalue weighted by Crippen LogP contribution is 2.55. The second-order valence-electron chi connectivity index (χ2n) is 27.9. The number of halogens is 12. The standard InChI is InChI=1S/4C21H16F3N3OS.C2H6O/c4*22-21(23,24)14-4-1-2-5-15(14)27-16-6-3-7-17(28)19(16)18(12-8-9-29-11-12)13(10-25)20(27)26;1-2-3/h4*1-2,4-5,8-9,11,18H,3,6-7,26H2;3H,2H2,1H3. The Morgan fingerprint density at radius 2 is 0.529 bits per heavy atom. The quantitative estimate of drug-likeness (QED) is 0.0883. The van der Waals surface area contributed by atoms with Crippen molar-refractivity contribution in [3.63, 3.8) is 0 Å². The number of ketones is 4. The number of nitrogens with zero attached hydrogens (tertiary/aromatic N) is 8. The number of para-hydroxylation sites is 4. The molecule has 0 saturated heterocycles. The minimum absolute atomic E-state index is 0.0613. The Balaban J connectivity index is 0.000000144. The first-order chi connectivity index (χ1) is 56.8. The number of carbonyl (C=O) groups excluding carboxylic acids is 4. The van der Waals surface area contributed by atoms with Crippen LogP contribution in [0.5, 0.6) is 0 Å². The molecule has 4 aliphatic heterocycles. The number of rotatable bonds is 8. The third-order valence-corrected chi connectivity index (χ3v) is 23.8. The van der Waals surface area contributed by atoms with Crippen LogP contribution >= 0.6 is 45.3 Å². The number of carbonyl (C=O) groups is 4. The van der Waals surface area contributed by atoms with Gasteiger partial charge in [0.15, 0.2) is 23.1 Å². The van der Waals surface area contributed by atoms with E-state index in [1.54, 1.807) is 6.92 Å². The van der Waals surface area contributed by atoms with Crippen molar-refractivity contribution < 1.29 is 77.0 Å².